The van der Waals surface area contributed by atoms with Gasteiger partial charge in [-0.3, -0.25) is 4.90 Å². The molecule has 0 bridgehead atoms. The minimum Gasteiger partial charge on any atom is -0.384 e. The van der Waals surface area contributed by atoms with Gasteiger partial charge in [0.1, 0.15) is 34.6 Å². The third-order valence-electron chi connectivity index (χ3n) is 8.13. The summed E-state index contributed by atoms with van der Waals surface area (Å²) in [7, 11) is 0. The van der Waals surface area contributed by atoms with E-state index in [0.29, 0.717) is 34.1 Å². The molecule has 5 heterocycles. The number of benzene rings is 1. The number of halogens is 3. The Hall–Kier alpha value is -4.21. The second-order valence-corrected chi connectivity index (χ2v) is 12.2. The molecular formula is C31H31F3N8S. The fourth-order valence-corrected chi connectivity index (χ4v) is 6.85. The van der Waals surface area contributed by atoms with Crippen molar-refractivity contribution in [3.63, 3.8) is 0 Å². The van der Waals surface area contributed by atoms with E-state index in [1.165, 1.54) is 17.5 Å². The van der Waals surface area contributed by atoms with E-state index >= 15 is 0 Å². The third-order valence-corrected chi connectivity index (χ3v) is 9.17. The second kappa shape index (κ2) is 11.8. The van der Waals surface area contributed by atoms with Crippen molar-refractivity contribution in [2.45, 2.75) is 57.9 Å². The first kappa shape index (κ1) is 28.9. The molecule has 5 aromatic rings. The van der Waals surface area contributed by atoms with Gasteiger partial charge in [0, 0.05) is 54.2 Å². The van der Waals surface area contributed by atoms with E-state index in [1.54, 1.807) is 18.3 Å². The number of anilines is 2. The number of piperidine rings is 1. The number of aromatic nitrogens is 4. The molecule has 1 aliphatic rings. The average Bonchev–Trinajstić information content (AvgIpc) is 3.55. The van der Waals surface area contributed by atoms with Gasteiger partial charge in [-0.2, -0.15) is 18.4 Å². The third kappa shape index (κ3) is 6.43. The van der Waals surface area contributed by atoms with Gasteiger partial charge >= 0.3 is 6.18 Å². The van der Waals surface area contributed by atoms with E-state index in [0.717, 1.165) is 66.7 Å². The number of likely N-dealkylation sites (tertiary alicyclic amines) is 1. The maximum Gasteiger partial charge on any atom is 0.393 e. The van der Waals surface area contributed by atoms with Crippen LogP contribution in [0, 0.1) is 18.3 Å². The molecular weight excluding hydrogens is 573 g/mol. The van der Waals surface area contributed by atoms with E-state index in [4.69, 9.17) is 5.73 Å². The number of aryl methyl sites for hydroxylation is 3. The summed E-state index contributed by atoms with van der Waals surface area (Å²) >= 11 is 1.06. The summed E-state index contributed by atoms with van der Waals surface area (Å²) in [6.45, 7) is 5.36. The standard InChI is InChI=1S/C31H31F3N8S/c1-19-21(3-4-27-25(19)12-23(15-35)42(27)11-6-20-2-5-28(36)37-16-20)17-41-9-7-22(8-10-41)40-29-26-13-24(14-31(32,33)34)43-30(26)39-18-38-29/h2-5,12-13,16,18,22H,6-11,14,17H2,1H3,(H2,36,37)(H,38,39,40). The molecule has 12 heteroatoms. The summed E-state index contributed by atoms with van der Waals surface area (Å²) < 4.78 is 40.8. The highest BCUT2D eigenvalue weighted by Crippen LogP contribution is 2.33. The van der Waals surface area contributed by atoms with Gasteiger partial charge in [-0.15, -0.1) is 11.3 Å². The Morgan fingerprint density at radius 3 is 2.63 bits per heavy atom. The molecule has 222 valence electrons. The van der Waals surface area contributed by atoms with Crippen LogP contribution in [-0.4, -0.2) is 49.7 Å². The number of fused-ring (bicyclic) bond motifs is 2. The van der Waals surface area contributed by atoms with Crippen LogP contribution in [0.15, 0.2) is 48.9 Å². The molecule has 6 rings (SSSR count). The Balaban J connectivity index is 1.10. The number of nitrogens with two attached hydrogens (primary N) is 1. The van der Waals surface area contributed by atoms with E-state index in [-0.39, 0.29) is 10.9 Å². The fourth-order valence-electron chi connectivity index (χ4n) is 5.83. The van der Waals surface area contributed by atoms with E-state index in [2.05, 4.69) is 54.9 Å². The number of pyridine rings is 1. The monoisotopic (exact) mass is 604 g/mol. The molecule has 0 radical (unpaired) electrons. The number of nitrogens with zero attached hydrogens (tertiary/aromatic N) is 6. The predicted octanol–water partition coefficient (Wildman–Crippen LogP) is 6.23. The minimum atomic E-state index is -4.25. The normalized spacial score (nSPS) is 14.9. The summed E-state index contributed by atoms with van der Waals surface area (Å²) in [5.41, 5.74) is 10.9. The van der Waals surface area contributed by atoms with Crippen molar-refractivity contribution in [2.24, 2.45) is 0 Å². The lowest BCUT2D eigenvalue weighted by atomic mass is 10.0. The number of rotatable bonds is 8. The highest BCUT2D eigenvalue weighted by molar-refractivity contribution is 7.18. The zero-order valence-corrected chi connectivity index (χ0v) is 24.5. The number of nitriles is 1. The molecule has 0 aliphatic carbocycles. The van der Waals surface area contributed by atoms with Crippen LogP contribution >= 0.6 is 11.3 Å². The van der Waals surface area contributed by atoms with Gasteiger partial charge in [0.05, 0.1) is 11.8 Å². The van der Waals surface area contributed by atoms with Crippen LogP contribution in [0.25, 0.3) is 21.1 Å². The molecule has 1 saturated heterocycles. The van der Waals surface area contributed by atoms with Gasteiger partial charge < -0.3 is 15.6 Å². The van der Waals surface area contributed by atoms with Crippen molar-refractivity contribution >= 4 is 44.1 Å². The number of hydrogen-bond donors (Lipinski definition) is 2. The Labute approximate surface area is 251 Å². The zero-order chi connectivity index (χ0) is 30.1. The van der Waals surface area contributed by atoms with Gasteiger partial charge in [-0.25, -0.2) is 15.0 Å². The summed E-state index contributed by atoms with van der Waals surface area (Å²) in [5.74, 6) is 1.09. The molecule has 0 spiro atoms. The Morgan fingerprint density at radius 1 is 1.09 bits per heavy atom. The highest BCUT2D eigenvalue weighted by Gasteiger charge is 2.29. The quantitative estimate of drug-likeness (QED) is 0.216. The van der Waals surface area contributed by atoms with Gasteiger partial charge in [0.2, 0.25) is 0 Å². The summed E-state index contributed by atoms with van der Waals surface area (Å²) in [5, 5.41) is 15.0. The Morgan fingerprint density at radius 2 is 1.91 bits per heavy atom. The summed E-state index contributed by atoms with van der Waals surface area (Å²) in [4.78, 5) is 15.9. The number of nitrogen functional groups attached to an aromatic ring is 1. The molecule has 0 unspecified atom stereocenters. The van der Waals surface area contributed by atoms with Gasteiger partial charge in [-0.05, 0) is 67.1 Å². The van der Waals surface area contributed by atoms with Crippen LogP contribution in [0.4, 0.5) is 24.8 Å². The number of hydrogen-bond acceptors (Lipinski definition) is 8. The first-order valence-electron chi connectivity index (χ1n) is 14.2. The smallest absolute Gasteiger partial charge is 0.384 e. The zero-order valence-electron chi connectivity index (χ0n) is 23.7. The van der Waals surface area contributed by atoms with Crippen LogP contribution in [0.3, 0.4) is 0 Å². The lowest BCUT2D eigenvalue weighted by Crippen LogP contribution is -2.39. The summed E-state index contributed by atoms with van der Waals surface area (Å²) in [6.07, 6.45) is 0.503. The van der Waals surface area contributed by atoms with Crippen molar-refractivity contribution < 1.29 is 13.2 Å². The van der Waals surface area contributed by atoms with Gasteiger partial charge in [0.25, 0.3) is 0 Å². The first-order valence-corrected chi connectivity index (χ1v) is 15.0. The summed E-state index contributed by atoms with van der Waals surface area (Å²) in [6, 6.07) is 14.1. The minimum absolute atomic E-state index is 0.173. The molecule has 3 N–H and O–H groups in total. The Bertz CT molecular complexity index is 1790. The second-order valence-electron chi connectivity index (χ2n) is 11.1. The van der Waals surface area contributed by atoms with Crippen LogP contribution in [-0.2, 0) is 25.9 Å². The lowest BCUT2D eigenvalue weighted by Gasteiger charge is -2.33. The van der Waals surface area contributed by atoms with Crippen molar-refractivity contribution in [3.8, 4) is 6.07 Å². The topological polar surface area (TPSA) is 109 Å². The maximum atomic E-state index is 12.9. The molecule has 4 aromatic heterocycles. The van der Waals surface area contributed by atoms with Crippen molar-refractivity contribution in [2.75, 3.05) is 24.1 Å². The fraction of sp³-hybridized carbons (Fsp3) is 0.355. The molecule has 1 aliphatic heterocycles. The van der Waals surface area contributed by atoms with Gasteiger partial charge in [-0.1, -0.05) is 12.1 Å². The van der Waals surface area contributed by atoms with Crippen LogP contribution < -0.4 is 11.1 Å². The van der Waals surface area contributed by atoms with Crippen molar-refractivity contribution in [1.29, 1.82) is 5.26 Å². The molecule has 43 heavy (non-hydrogen) atoms. The molecule has 0 saturated carbocycles. The number of nitrogens with one attached hydrogen (secondary N) is 1. The van der Waals surface area contributed by atoms with Crippen LogP contribution in [0.5, 0.6) is 0 Å². The first-order chi connectivity index (χ1) is 20.7. The molecule has 0 atom stereocenters. The maximum absolute atomic E-state index is 12.9. The van der Waals surface area contributed by atoms with E-state index in [1.807, 2.05) is 12.1 Å². The average molecular weight is 605 g/mol. The van der Waals surface area contributed by atoms with E-state index < -0.39 is 12.6 Å². The largest absolute Gasteiger partial charge is 0.393 e. The van der Waals surface area contributed by atoms with E-state index in [9.17, 15) is 18.4 Å². The van der Waals surface area contributed by atoms with Crippen LogP contribution in [0.1, 0.15) is 40.1 Å². The van der Waals surface area contributed by atoms with Gasteiger partial charge in [0.15, 0.2) is 0 Å². The lowest BCUT2D eigenvalue weighted by molar-refractivity contribution is -0.126. The SMILES string of the molecule is Cc1c(CN2CCC(Nc3ncnc4sc(CC(F)(F)F)cc34)CC2)ccc2c1cc(C#N)n2CCc1ccc(N)nc1. The number of thiophene rings is 1. The van der Waals surface area contributed by atoms with Crippen LogP contribution in [0.2, 0.25) is 0 Å². The molecule has 8 nitrogen and oxygen atoms in total. The molecule has 1 fully saturated rings. The van der Waals surface area contributed by atoms with Crippen molar-refractivity contribution in [3.05, 3.63) is 76.2 Å². The molecule has 1 aromatic carbocycles. The predicted molar refractivity (Wildman–Crippen MR) is 163 cm³/mol. The number of alkyl halides is 3. The Kier molecular flexibility index (Phi) is 7.94. The van der Waals surface area contributed by atoms with Crippen molar-refractivity contribution in [1.82, 2.24) is 24.4 Å². The molecule has 0 amide bonds. The highest BCUT2D eigenvalue weighted by atomic mass is 32.1.